The highest BCUT2D eigenvalue weighted by atomic mass is 16.7. The molecule has 1 aliphatic heterocycles. The Morgan fingerprint density at radius 1 is 1.47 bits per heavy atom. The molecule has 0 bridgehead atoms. The van der Waals surface area contributed by atoms with Gasteiger partial charge in [0.1, 0.15) is 17.9 Å². The van der Waals surface area contributed by atoms with Gasteiger partial charge in [-0.3, -0.25) is 9.59 Å². The summed E-state index contributed by atoms with van der Waals surface area (Å²) in [6.07, 6.45) is 1.75. The van der Waals surface area contributed by atoms with Crippen molar-refractivity contribution in [1.29, 1.82) is 0 Å². The van der Waals surface area contributed by atoms with Crippen LogP contribution in [-0.4, -0.2) is 28.9 Å². The third-order valence-corrected chi connectivity index (χ3v) is 2.02. The van der Waals surface area contributed by atoms with Crippen molar-refractivity contribution < 1.29 is 29.3 Å². The Morgan fingerprint density at radius 3 is 2.67 bits per heavy atom. The molecule has 0 aromatic rings. The molecule has 0 spiro atoms. The Bertz CT molecular complexity index is 282. The Labute approximate surface area is 86.1 Å². The summed E-state index contributed by atoms with van der Waals surface area (Å²) in [6, 6.07) is 0. The minimum atomic E-state index is -1.03. The average molecular weight is 216 g/mol. The number of carboxylic acid groups (broad SMARTS) is 2. The van der Waals surface area contributed by atoms with E-state index in [9.17, 15) is 9.59 Å². The highest BCUT2D eigenvalue weighted by Crippen LogP contribution is 2.23. The Kier molecular flexibility index (Phi) is 3.96. The molecule has 1 aliphatic rings. The first kappa shape index (κ1) is 11.4. The third-order valence-electron chi connectivity index (χ3n) is 2.02. The van der Waals surface area contributed by atoms with Gasteiger partial charge in [-0.2, -0.15) is 0 Å². The predicted octanol–water partition coefficient (Wildman–Crippen LogP) is 0.788. The Morgan fingerprint density at radius 2 is 2.20 bits per heavy atom. The van der Waals surface area contributed by atoms with E-state index >= 15 is 0 Å². The van der Waals surface area contributed by atoms with Crippen LogP contribution in [0.15, 0.2) is 12.0 Å². The topological polar surface area (TPSA) is 93.1 Å². The summed E-state index contributed by atoms with van der Waals surface area (Å²) in [5.41, 5.74) is 0. The molecule has 0 fully saturated rings. The van der Waals surface area contributed by atoms with Crippen LogP contribution >= 0.6 is 0 Å². The van der Waals surface area contributed by atoms with E-state index in [0.29, 0.717) is 6.42 Å². The van der Waals surface area contributed by atoms with Gasteiger partial charge in [-0.1, -0.05) is 0 Å². The van der Waals surface area contributed by atoms with Gasteiger partial charge < -0.3 is 19.7 Å². The van der Waals surface area contributed by atoms with Crippen molar-refractivity contribution in [2.24, 2.45) is 5.92 Å². The number of hydrogen-bond donors (Lipinski definition) is 2. The van der Waals surface area contributed by atoms with Crippen LogP contribution in [0.5, 0.6) is 0 Å². The second-order valence-electron chi connectivity index (χ2n) is 3.13. The second kappa shape index (κ2) is 5.23. The number of rotatable bonds is 6. The lowest BCUT2D eigenvalue weighted by atomic mass is 10.0. The molecule has 0 aromatic carbocycles. The van der Waals surface area contributed by atoms with Crippen molar-refractivity contribution in [2.75, 3.05) is 6.79 Å². The minimum Gasteiger partial charge on any atom is -0.481 e. The first-order valence-corrected chi connectivity index (χ1v) is 4.50. The van der Waals surface area contributed by atoms with E-state index in [2.05, 4.69) is 0 Å². The molecule has 0 saturated heterocycles. The molecule has 0 radical (unpaired) electrons. The van der Waals surface area contributed by atoms with Crippen molar-refractivity contribution in [1.82, 2.24) is 0 Å². The van der Waals surface area contributed by atoms with E-state index < -0.39 is 17.9 Å². The SMILES string of the molecule is O=C(O)CCCC(C(=O)O)C1=COCO1. The lowest BCUT2D eigenvalue weighted by Gasteiger charge is -2.10. The summed E-state index contributed by atoms with van der Waals surface area (Å²) in [6.45, 7) is 0.0258. The van der Waals surface area contributed by atoms with Crippen molar-refractivity contribution in [2.45, 2.75) is 19.3 Å². The molecule has 1 atom stereocenters. The zero-order chi connectivity index (χ0) is 11.3. The fraction of sp³-hybridized carbons (Fsp3) is 0.556. The fourth-order valence-corrected chi connectivity index (χ4v) is 1.28. The zero-order valence-electron chi connectivity index (χ0n) is 8.01. The second-order valence-corrected chi connectivity index (χ2v) is 3.13. The van der Waals surface area contributed by atoms with Gasteiger partial charge in [-0.05, 0) is 12.8 Å². The molecule has 0 amide bonds. The lowest BCUT2D eigenvalue weighted by molar-refractivity contribution is -0.143. The molecule has 1 heterocycles. The molecule has 1 unspecified atom stereocenters. The van der Waals surface area contributed by atoms with E-state index in [4.69, 9.17) is 19.7 Å². The monoisotopic (exact) mass is 216 g/mol. The minimum absolute atomic E-state index is 0.0258. The van der Waals surface area contributed by atoms with E-state index in [1.165, 1.54) is 6.26 Å². The van der Waals surface area contributed by atoms with Crippen LogP contribution in [0.3, 0.4) is 0 Å². The van der Waals surface area contributed by atoms with E-state index in [0.717, 1.165) is 0 Å². The van der Waals surface area contributed by atoms with Gasteiger partial charge in [0, 0.05) is 6.42 Å². The van der Waals surface area contributed by atoms with Crippen LogP contribution < -0.4 is 0 Å². The lowest BCUT2D eigenvalue weighted by Crippen LogP contribution is -2.17. The Balaban J connectivity index is 2.44. The van der Waals surface area contributed by atoms with Crippen LogP contribution in [0.25, 0.3) is 0 Å². The largest absolute Gasteiger partial charge is 0.481 e. The number of ether oxygens (including phenoxy) is 2. The first-order chi connectivity index (χ1) is 7.11. The third kappa shape index (κ3) is 3.49. The number of carboxylic acids is 2. The molecule has 0 aliphatic carbocycles. The van der Waals surface area contributed by atoms with Crippen LogP contribution in [0, 0.1) is 5.92 Å². The normalized spacial score (nSPS) is 16.1. The van der Waals surface area contributed by atoms with Gasteiger partial charge >= 0.3 is 11.9 Å². The first-order valence-electron chi connectivity index (χ1n) is 4.50. The van der Waals surface area contributed by atoms with Crippen molar-refractivity contribution in [3.63, 3.8) is 0 Å². The predicted molar refractivity (Wildman–Crippen MR) is 47.7 cm³/mol. The molecule has 0 aromatic heterocycles. The van der Waals surface area contributed by atoms with Crippen LogP contribution in [0.4, 0.5) is 0 Å². The smallest absolute Gasteiger partial charge is 0.314 e. The van der Waals surface area contributed by atoms with Gasteiger partial charge in [0.25, 0.3) is 0 Å². The van der Waals surface area contributed by atoms with Crippen molar-refractivity contribution in [3.8, 4) is 0 Å². The van der Waals surface area contributed by atoms with Crippen LogP contribution in [0.1, 0.15) is 19.3 Å². The van der Waals surface area contributed by atoms with Gasteiger partial charge in [-0.25, -0.2) is 0 Å². The van der Waals surface area contributed by atoms with E-state index in [1.807, 2.05) is 0 Å². The van der Waals surface area contributed by atoms with Crippen LogP contribution in [-0.2, 0) is 19.1 Å². The Hall–Kier alpha value is -1.72. The fourth-order valence-electron chi connectivity index (χ4n) is 1.28. The zero-order valence-corrected chi connectivity index (χ0v) is 8.01. The summed E-state index contributed by atoms with van der Waals surface area (Å²) in [5, 5.41) is 17.3. The molecular formula is C9H12O6. The summed E-state index contributed by atoms with van der Waals surface area (Å²) in [7, 11) is 0. The molecule has 6 nitrogen and oxygen atoms in total. The molecule has 2 N–H and O–H groups in total. The van der Waals surface area contributed by atoms with E-state index in [-0.39, 0.29) is 25.4 Å². The van der Waals surface area contributed by atoms with Gasteiger partial charge in [0.2, 0.25) is 6.79 Å². The summed E-state index contributed by atoms with van der Waals surface area (Å²) in [4.78, 5) is 21.1. The van der Waals surface area contributed by atoms with Gasteiger partial charge in [0.05, 0.1) is 0 Å². The number of carbonyl (C=O) groups is 2. The molecule has 1 rings (SSSR count). The molecule has 84 valence electrons. The summed E-state index contributed by atoms with van der Waals surface area (Å²) in [5.74, 6) is -2.52. The molecule has 15 heavy (non-hydrogen) atoms. The summed E-state index contributed by atoms with van der Waals surface area (Å²) >= 11 is 0. The van der Waals surface area contributed by atoms with Gasteiger partial charge in [0.15, 0.2) is 0 Å². The van der Waals surface area contributed by atoms with Crippen LogP contribution in [0.2, 0.25) is 0 Å². The van der Waals surface area contributed by atoms with Gasteiger partial charge in [-0.15, -0.1) is 0 Å². The van der Waals surface area contributed by atoms with E-state index in [1.54, 1.807) is 0 Å². The maximum absolute atomic E-state index is 10.8. The maximum atomic E-state index is 10.8. The average Bonchev–Trinajstić information content (AvgIpc) is 2.63. The highest BCUT2D eigenvalue weighted by Gasteiger charge is 2.26. The summed E-state index contributed by atoms with van der Waals surface area (Å²) < 4.78 is 9.70. The number of aliphatic carboxylic acids is 2. The molecule has 6 heteroatoms. The molecular weight excluding hydrogens is 204 g/mol. The highest BCUT2D eigenvalue weighted by molar-refractivity contribution is 5.73. The quantitative estimate of drug-likeness (QED) is 0.681. The maximum Gasteiger partial charge on any atom is 0.314 e. The van der Waals surface area contributed by atoms with Crippen molar-refractivity contribution >= 4 is 11.9 Å². The molecule has 0 saturated carbocycles. The number of hydrogen-bond acceptors (Lipinski definition) is 4. The van der Waals surface area contributed by atoms with Crippen molar-refractivity contribution in [3.05, 3.63) is 12.0 Å². The standard InChI is InChI=1S/C9H12O6/c10-8(11)3-1-2-6(9(12)13)7-4-14-5-15-7/h4,6H,1-3,5H2,(H,10,11)(H,12,13).